The summed E-state index contributed by atoms with van der Waals surface area (Å²) in [5.41, 5.74) is -1.11. The minimum Gasteiger partial charge on any atom is -0.378 e. The van der Waals surface area contributed by atoms with E-state index in [2.05, 4.69) is 4.90 Å². The molecule has 1 amide bonds. The Bertz CT molecular complexity index is 898. The van der Waals surface area contributed by atoms with Crippen molar-refractivity contribution in [1.82, 2.24) is 14.1 Å². The maximum atomic E-state index is 12.7. The van der Waals surface area contributed by atoms with E-state index in [4.69, 9.17) is 4.74 Å². The number of amides is 1. The van der Waals surface area contributed by atoms with Crippen molar-refractivity contribution >= 4 is 15.9 Å². The molecule has 7 nitrogen and oxygen atoms in total. The fourth-order valence-electron chi connectivity index (χ4n) is 4.48. The number of benzene rings is 1. The predicted molar refractivity (Wildman–Crippen MR) is 97.8 cm³/mol. The van der Waals surface area contributed by atoms with Crippen molar-refractivity contribution in [3.05, 3.63) is 35.4 Å². The van der Waals surface area contributed by atoms with E-state index >= 15 is 0 Å². The Morgan fingerprint density at radius 3 is 2.41 bits per heavy atom. The summed E-state index contributed by atoms with van der Waals surface area (Å²) in [6.45, 7) is 2.94. The van der Waals surface area contributed by atoms with Gasteiger partial charge in [-0.2, -0.15) is 17.5 Å². The summed E-state index contributed by atoms with van der Waals surface area (Å²) in [6, 6.07) is 4.07. The standard InChI is InChI=1S/C18H22F3N3O4S/c1-29(26,27)23-8-15-9-28-7-6-24(15)17(12-23)10-22(11-17)16(25)13-2-4-14(5-3-13)18(19,20)21/h2-5,15H,6-12H2,1H3/t15-/m1/s1. The zero-order valence-corrected chi connectivity index (χ0v) is 16.7. The molecule has 0 unspecified atom stereocenters. The SMILES string of the molecule is CS(=O)(=O)N1C[C@@H]2COCCN2C2(CN(C(=O)c3ccc(C(F)(F)F)cc3)C2)C1. The fourth-order valence-corrected chi connectivity index (χ4v) is 5.39. The topological polar surface area (TPSA) is 70.2 Å². The first-order valence-corrected chi connectivity index (χ1v) is 11.1. The second kappa shape index (κ2) is 6.93. The summed E-state index contributed by atoms with van der Waals surface area (Å²) in [7, 11) is -3.39. The summed E-state index contributed by atoms with van der Waals surface area (Å²) in [4.78, 5) is 16.5. The molecule has 0 aliphatic carbocycles. The van der Waals surface area contributed by atoms with Gasteiger partial charge in [-0.15, -0.1) is 0 Å². The van der Waals surface area contributed by atoms with Gasteiger partial charge in [-0.25, -0.2) is 8.42 Å². The number of likely N-dealkylation sites (tertiary alicyclic amines) is 1. The molecule has 29 heavy (non-hydrogen) atoms. The number of piperazine rings is 1. The molecular weight excluding hydrogens is 411 g/mol. The summed E-state index contributed by atoms with van der Waals surface area (Å²) in [6.07, 6.45) is -3.28. The van der Waals surface area contributed by atoms with Crippen molar-refractivity contribution in [3.63, 3.8) is 0 Å². The molecule has 1 aromatic rings. The summed E-state index contributed by atoms with van der Waals surface area (Å²) >= 11 is 0. The minimum atomic E-state index is -4.45. The van der Waals surface area contributed by atoms with Gasteiger partial charge in [0.25, 0.3) is 5.91 Å². The molecule has 3 heterocycles. The Hall–Kier alpha value is -1.69. The number of morpholine rings is 1. The van der Waals surface area contributed by atoms with Crippen LogP contribution in [-0.2, 0) is 20.9 Å². The Kier molecular flexibility index (Phi) is 4.92. The minimum absolute atomic E-state index is 0.0736. The third-order valence-corrected chi connectivity index (χ3v) is 7.12. The number of carbonyl (C=O) groups excluding carboxylic acids is 1. The third kappa shape index (κ3) is 3.76. The molecule has 11 heteroatoms. The van der Waals surface area contributed by atoms with Gasteiger partial charge < -0.3 is 9.64 Å². The van der Waals surface area contributed by atoms with E-state index < -0.39 is 27.3 Å². The number of halogens is 3. The highest BCUT2D eigenvalue weighted by molar-refractivity contribution is 7.88. The van der Waals surface area contributed by atoms with Crippen molar-refractivity contribution in [1.29, 1.82) is 0 Å². The first kappa shape index (κ1) is 20.6. The van der Waals surface area contributed by atoms with Crippen LogP contribution in [0.1, 0.15) is 15.9 Å². The van der Waals surface area contributed by atoms with Gasteiger partial charge >= 0.3 is 6.18 Å². The van der Waals surface area contributed by atoms with Crippen LogP contribution in [-0.4, -0.2) is 92.2 Å². The monoisotopic (exact) mass is 433 g/mol. The average Bonchev–Trinajstić information content (AvgIpc) is 2.63. The van der Waals surface area contributed by atoms with Gasteiger partial charge in [0.15, 0.2) is 0 Å². The molecular formula is C18H22F3N3O4S. The van der Waals surface area contributed by atoms with E-state index in [1.807, 2.05) is 0 Å². The molecule has 4 rings (SSSR count). The van der Waals surface area contributed by atoms with E-state index in [9.17, 15) is 26.4 Å². The smallest absolute Gasteiger partial charge is 0.378 e. The van der Waals surface area contributed by atoms with Gasteiger partial charge in [-0.05, 0) is 24.3 Å². The van der Waals surface area contributed by atoms with E-state index in [1.54, 1.807) is 4.90 Å². The maximum Gasteiger partial charge on any atom is 0.416 e. The zero-order valence-electron chi connectivity index (χ0n) is 15.9. The van der Waals surface area contributed by atoms with Gasteiger partial charge in [-0.1, -0.05) is 0 Å². The second-order valence-corrected chi connectivity index (χ2v) is 9.92. The van der Waals surface area contributed by atoms with Crippen molar-refractivity contribution in [3.8, 4) is 0 Å². The van der Waals surface area contributed by atoms with Crippen LogP contribution in [0.25, 0.3) is 0 Å². The molecule has 1 spiro atoms. The van der Waals surface area contributed by atoms with Crippen LogP contribution in [0.15, 0.2) is 24.3 Å². The molecule has 0 aromatic heterocycles. The molecule has 3 fully saturated rings. The Labute approximate surface area is 167 Å². The number of hydrogen-bond acceptors (Lipinski definition) is 5. The van der Waals surface area contributed by atoms with Crippen molar-refractivity contribution < 1.29 is 31.1 Å². The summed E-state index contributed by atoms with van der Waals surface area (Å²) in [5.74, 6) is -0.356. The molecule has 3 saturated heterocycles. The predicted octanol–water partition coefficient (Wildman–Crippen LogP) is 0.876. The molecule has 160 valence electrons. The van der Waals surface area contributed by atoms with Crippen LogP contribution in [0, 0.1) is 0 Å². The number of nitrogens with zero attached hydrogens (tertiary/aromatic N) is 3. The Morgan fingerprint density at radius 1 is 1.17 bits per heavy atom. The van der Waals surface area contributed by atoms with Crippen molar-refractivity contribution in [2.75, 3.05) is 52.2 Å². The van der Waals surface area contributed by atoms with E-state index in [1.165, 1.54) is 22.7 Å². The lowest BCUT2D eigenvalue weighted by molar-refractivity contribution is -0.143. The average molecular weight is 433 g/mol. The van der Waals surface area contributed by atoms with E-state index in [0.29, 0.717) is 45.9 Å². The number of ether oxygens (including phenoxy) is 1. The highest BCUT2D eigenvalue weighted by Gasteiger charge is 2.56. The number of fused-ring (bicyclic) bond motifs is 2. The van der Waals surface area contributed by atoms with E-state index in [0.717, 1.165) is 12.1 Å². The molecule has 0 saturated carbocycles. The molecule has 0 N–H and O–H groups in total. The van der Waals surface area contributed by atoms with Crippen LogP contribution in [0.2, 0.25) is 0 Å². The van der Waals surface area contributed by atoms with Gasteiger partial charge in [0.05, 0.1) is 30.6 Å². The first-order chi connectivity index (χ1) is 13.5. The number of rotatable bonds is 2. The van der Waals surface area contributed by atoms with Crippen LogP contribution in [0.3, 0.4) is 0 Å². The number of hydrogen-bond donors (Lipinski definition) is 0. The molecule has 1 atom stereocenters. The second-order valence-electron chi connectivity index (χ2n) is 7.94. The van der Waals surface area contributed by atoms with Crippen LogP contribution < -0.4 is 0 Å². The van der Waals surface area contributed by atoms with Gasteiger partial charge in [0.1, 0.15) is 0 Å². The molecule has 3 aliphatic rings. The van der Waals surface area contributed by atoms with Gasteiger partial charge in [-0.3, -0.25) is 9.69 Å². The third-order valence-electron chi connectivity index (χ3n) is 5.91. The van der Waals surface area contributed by atoms with Crippen LogP contribution in [0.4, 0.5) is 13.2 Å². The van der Waals surface area contributed by atoms with Gasteiger partial charge in [0.2, 0.25) is 10.0 Å². The summed E-state index contributed by atoms with van der Waals surface area (Å²) < 4.78 is 69.4. The normalized spacial score (nSPS) is 25.5. The first-order valence-electron chi connectivity index (χ1n) is 9.26. The highest BCUT2D eigenvalue weighted by Crippen LogP contribution is 2.37. The van der Waals surface area contributed by atoms with Crippen molar-refractivity contribution in [2.24, 2.45) is 0 Å². The number of sulfonamides is 1. The highest BCUT2D eigenvalue weighted by atomic mass is 32.2. The number of alkyl halides is 3. The molecule has 0 radical (unpaired) electrons. The van der Waals surface area contributed by atoms with Crippen molar-refractivity contribution in [2.45, 2.75) is 17.8 Å². The lowest BCUT2D eigenvalue weighted by Crippen LogP contribution is -2.81. The summed E-state index contributed by atoms with van der Waals surface area (Å²) in [5, 5.41) is 0. The quantitative estimate of drug-likeness (QED) is 0.693. The van der Waals surface area contributed by atoms with Gasteiger partial charge in [0, 0.05) is 44.3 Å². The Balaban J connectivity index is 1.50. The van der Waals surface area contributed by atoms with Crippen LogP contribution in [0.5, 0.6) is 0 Å². The lowest BCUT2D eigenvalue weighted by Gasteiger charge is -2.62. The number of carbonyl (C=O) groups is 1. The Morgan fingerprint density at radius 2 is 1.83 bits per heavy atom. The largest absolute Gasteiger partial charge is 0.416 e. The zero-order chi connectivity index (χ0) is 21.0. The maximum absolute atomic E-state index is 12.7. The lowest BCUT2D eigenvalue weighted by atomic mass is 9.83. The fraction of sp³-hybridized carbons (Fsp3) is 0.611. The van der Waals surface area contributed by atoms with Crippen LogP contribution >= 0.6 is 0 Å². The van der Waals surface area contributed by atoms with E-state index in [-0.39, 0.29) is 17.5 Å². The molecule has 1 aromatic carbocycles. The molecule has 3 aliphatic heterocycles. The molecule has 0 bridgehead atoms.